The van der Waals surface area contributed by atoms with Crippen molar-refractivity contribution in [2.75, 3.05) is 0 Å². The molecule has 1 aromatic heterocycles. The van der Waals surface area contributed by atoms with Crippen molar-refractivity contribution >= 4 is 12.6 Å². The summed E-state index contributed by atoms with van der Waals surface area (Å²) in [5.41, 5.74) is -0.469. The lowest BCUT2D eigenvalue weighted by Crippen LogP contribution is -2.41. The Balaban J connectivity index is 1.81. The van der Waals surface area contributed by atoms with Crippen LogP contribution in [-0.4, -0.2) is 28.1 Å². The molecule has 128 valence electrons. The van der Waals surface area contributed by atoms with Crippen molar-refractivity contribution in [1.82, 2.24) is 9.78 Å². The summed E-state index contributed by atoms with van der Waals surface area (Å²) in [5.74, 6) is 0. The number of hydrogen-bond donors (Lipinski definition) is 0. The summed E-state index contributed by atoms with van der Waals surface area (Å²) >= 11 is 0. The minimum Gasteiger partial charge on any atom is -0.399 e. The summed E-state index contributed by atoms with van der Waals surface area (Å²) < 4.78 is 51.0. The molecule has 1 saturated heterocycles. The van der Waals surface area contributed by atoms with Crippen molar-refractivity contribution in [2.45, 2.75) is 45.1 Å². The zero-order valence-corrected chi connectivity index (χ0v) is 13.9. The highest BCUT2D eigenvalue weighted by atomic mass is 19.4. The molecule has 2 heterocycles. The van der Waals surface area contributed by atoms with Crippen LogP contribution in [-0.2, 0) is 15.5 Å². The molecular weight excluding hydrogens is 320 g/mol. The van der Waals surface area contributed by atoms with E-state index in [1.165, 1.54) is 10.9 Å². The smallest absolute Gasteiger partial charge is 0.399 e. The third-order valence-electron chi connectivity index (χ3n) is 4.56. The fourth-order valence-electron chi connectivity index (χ4n) is 2.38. The number of benzene rings is 1. The Hall–Kier alpha value is -1.80. The first-order chi connectivity index (χ1) is 11.0. The van der Waals surface area contributed by atoms with E-state index >= 15 is 0 Å². The lowest BCUT2D eigenvalue weighted by atomic mass is 9.79. The summed E-state index contributed by atoms with van der Waals surface area (Å²) in [4.78, 5) is 0. The van der Waals surface area contributed by atoms with Crippen molar-refractivity contribution in [2.24, 2.45) is 0 Å². The Morgan fingerprint density at radius 2 is 1.50 bits per heavy atom. The molecule has 0 N–H and O–H groups in total. The molecule has 0 radical (unpaired) electrons. The molecule has 0 atom stereocenters. The Morgan fingerprint density at radius 3 is 1.96 bits per heavy atom. The quantitative estimate of drug-likeness (QED) is 0.789. The van der Waals surface area contributed by atoms with Crippen LogP contribution in [0, 0.1) is 0 Å². The van der Waals surface area contributed by atoms with Crippen molar-refractivity contribution in [3.05, 3.63) is 42.2 Å². The van der Waals surface area contributed by atoms with Gasteiger partial charge in [-0.3, -0.25) is 0 Å². The predicted octanol–water partition coefficient (Wildman–Crippen LogP) is 3.19. The van der Waals surface area contributed by atoms with Gasteiger partial charge in [-0.15, -0.1) is 0 Å². The summed E-state index contributed by atoms with van der Waals surface area (Å²) in [7, 11) is -0.507. The molecule has 0 aliphatic carbocycles. The van der Waals surface area contributed by atoms with Crippen LogP contribution < -0.4 is 5.46 Å². The predicted molar refractivity (Wildman–Crippen MR) is 84.3 cm³/mol. The van der Waals surface area contributed by atoms with Crippen molar-refractivity contribution in [1.29, 1.82) is 0 Å². The van der Waals surface area contributed by atoms with E-state index in [1.807, 2.05) is 27.7 Å². The van der Waals surface area contributed by atoms with Crippen LogP contribution in [0.1, 0.15) is 33.4 Å². The van der Waals surface area contributed by atoms with Crippen LogP contribution in [0.25, 0.3) is 5.69 Å². The number of nitrogens with zero attached hydrogens (tertiary/aromatic N) is 2. The van der Waals surface area contributed by atoms with Gasteiger partial charge in [0.2, 0.25) is 0 Å². The van der Waals surface area contributed by atoms with Crippen LogP contribution in [0.2, 0.25) is 0 Å². The first kappa shape index (κ1) is 17.0. The average Bonchev–Trinajstić information content (AvgIpc) is 3.02. The Kier molecular flexibility index (Phi) is 3.80. The third-order valence-corrected chi connectivity index (χ3v) is 4.56. The molecule has 0 amide bonds. The van der Waals surface area contributed by atoms with Gasteiger partial charge in [-0.25, -0.2) is 4.68 Å². The molecule has 4 nitrogen and oxygen atoms in total. The number of rotatable bonds is 2. The van der Waals surface area contributed by atoms with E-state index in [0.29, 0.717) is 5.69 Å². The SMILES string of the molecule is CC1(C)OB(c2ccc(-n3ccc(C(F)(F)F)n3)cc2)OC1(C)C. The van der Waals surface area contributed by atoms with Gasteiger partial charge in [-0.2, -0.15) is 18.3 Å². The topological polar surface area (TPSA) is 36.3 Å². The summed E-state index contributed by atoms with van der Waals surface area (Å²) in [6.45, 7) is 7.85. The largest absolute Gasteiger partial charge is 0.494 e. The Morgan fingerprint density at radius 1 is 0.958 bits per heavy atom. The summed E-state index contributed by atoms with van der Waals surface area (Å²) in [5, 5.41) is 3.55. The maximum Gasteiger partial charge on any atom is 0.494 e. The number of hydrogen-bond acceptors (Lipinski definition) is 3. The highest BCUT2D eigenvalue weighted by molar-refractivity contribution is 6.62. The summed E-state index contributed by atoms with van der Waals surface area (Å²) in [6, 6.07) is 7.86. The van der Waals surface area contributed by atoms with Crippen LogP contribution in [0.15, 0.2) is 36.5 Å². The fraction of sp³-hybridized carbons (Fsp3) is 0.438. The van der Waals surface area contributed by atoms with E-state index in [1.54, 1.807) is 24.3 Å². The maximum atomic E-state index is 12.6. The standard InChI is InChI=1S/C16H18BF3N2O2/c1-14(2)15(3,4)24-17(23-14)11-5-7-12(8-6-11)22-10-9-13(21-22)16(18,19)20/h5-10H,1-4H3. The molecule has 1 fully saturated rings. The van der Waals surface area contributed by atoms with Crippen LogP contribution >= 0.6 is 0 Å². The monoisotopic (exact) mass is 338 g/mol. The van der Waals surface area contributed by atoms with Gasteiger partial charge in [0.1, 0.15) is 0 Å². The first-order valence-corrected chi connectivity index (χ1v) is 7.58. The van der Waals surface area contributed by atoms with Gasteiger partial charge in [0.15, 0.2) is 5.69 Å². The second kappa shape index (κ2) is 5.36. The number of alkyl halides is 3. The Labute approximate surface area is 138 Å². The normalized spacial score (nSPS) is 19.7. The molecule has 0 bridgehead atoms. The average molecular weight is 338 g/mol. The number of halogens is 3. The number of aromatic nitrogens is 2. The van der Waals surface area contributed by atoms with Gasteiger partial charge in [0, 0.05) is 6.20 Å². The molecule has 0 spiro atoms. The second-order valence-electron chi connectivity index (χ2n) is 6.82. The van der Waals surface area contributed by atoms with Gasteiger partial charge >= 0.3 is 13.3 Å². The molecule has 2 aromatic rings. The van der Waals surface area contributed by atoms with Gasteiger partial charge in [-0.1, -0.05) is 12.1 Å². The maximum absolute atomic E-state index is 12.6. The molecule has 1 aliphatic heterocycles. The van der Waals surface area contributed by atoms with E-state index in [4.69, 9.17) is 9.31 Å². The highest BCUT2D eigenvalue weighted by Gasteiger charge is 2.51. The molecule has 24 heavy (non-hydrogen) atoms. The van der Waals surface area contributed by atoms with E-state index < -0.39 is 30.2 Å². The summed E-state index contributed by atoms with van der Waals surface area (Å²) in [6.07, 6.45) is -3.17. The van der Waals surface area contributed by atoms with Gasteiger partial charge < -0.3 is 9.31 Å². The third kappa shape index (κ3) is 2.96. The van der Waals surface area contributed by atoms with E-state index in [0.717, 1.165) is 11.5 Å². The van der Waals surface area contributed by atoms with Crippen LogP contribution in [0.4, 0.5) is 13.2 Å². The lowest BCUT2D eigenvalue weighted by Gasteiger charge is -2.32. The Bertz CT molecular complexity index is 723. The van der Waals surface area contributed by atoms with Gasteiger partial charge in [0.25, 0.3) is 0 Å². The molecule has 0 unspecified atom stereocenters. The minimum atomic E-state index is -4.45. The molecule has 0 saturated carbocycles. The van der Waals surface area contributed by atoms with Gasteiger partial charge in [-0.05, 0) is 51.4 Å². The fourth-order valence-corrected chi connectivity index (χ4v) is 2.38. The zero-order chi connectivity index (χ0) is 17.8. The van der Waals surface area contributed by atoms with Crippen molar-refractivity contribution in [3.63, 3.8) is 0 Å². The van der Waals surface area contributed by atoms with E-state index in [9.17, 15) is 13.2 Å². The van der Waals surface area contributed by atoms with Crippen LogP contribution in [0.3, 0.4) is 0 Å². The second-order valence-corrected chi connectivity index (χ2v) is 6.82. The van der Waals surface area contributed by atoms with Crippen molar-refractivity contribution < 1.29 is 22.5 Å². The molecule has 8 heteroatoms. The minimum absolute atomic E-state index is 0.445. The zero-order valence-electron chi connectivity index (χ0n) is 13.9. The van der Waals surface area contributed by atoms with Crippen molar-refractivity contribution in [3.8, 4) is 5.69 Å². The molecule has 1 aromatic carbocycles. The molecular formula is C16H18BF3N2O2. The van der Waals surface area contributed by atoms with E-state index in [2.05, 4.69) is 5.10 Å². The first-order valence-electron chi connectivity index (χ1n) is 7.58. The van der Waals surface area contributed by atoms with E-state index in [-0.39, 0.29) is 0 Å². The van der Waals surface area contributed by atoms with Crippen LogP contribution in [0.5, 0.6) is 0 Å². The lowest BCUT2D eigenvalue weighted by molar-refractivity contribution is -0.141. The molecule has 3 rings (SSSR count). The highest BCUT2D eigenvalue weighted by Crippen LogP contribution is 2.36. The molecule has 1 aliphatic rings. The van der Waals surface area contributed by atoms with Gasteiger partial charge in [0.05, 0.1) is 16.9 Å².